The molecule has 2 N–H and O–H groups in total. The summed E-state index contributed by atoms with van der Waals surface area (Å²) in [5.74, 6) is 0.423. The Bertz CT molecular complexity index is 1430. The van der Waals surface area contributed by atoms with Gasteiger partial charge < -0.3 is 15.5 Å². The van der Waals surface area contributed by atoms with Gasteiger partial charge in [-0.2, -0.15) is 0 Å². The quantitative estimate of drug-likeness (QED) is 0.539. The van der Waals surface area contributed by atoms with Gasteiger partial charge in [0.1, 0.15) is 12.4 Å². The molecule has 3 heterocycles. The number of fused-ring (bicyclic) bond motifs is 3. The molecule has 194 valence electrons. The summed E-state index contributed by atoms with van der Waals surface area (Å²) in [6.07, 6.45) is 5.26. The number of hydrogen-bond donors (Lipinski definition) is 2. The van der Waals surface area contributed by atoms with Crippen molar-refractivity contribution in [2.75, 3.05) is 17.2 Å². The number of nitrogens with zero attached hydrogens (tertiary/aromatic N) is 2. The van der Waals surface area contributed by atoms with Gasteiger partial charge in [-0.15, -0.1) is 0 Å². The maximum atomic E-state index is 13.4. The van der Waals surface area contributed by atoms with Crippen LogP contribution in [0.2, 0.25) is 0 Å². The SMILES string of the molecule is CC1(C)CCC(Cc2ccccc2)N(CC(=O)Nc2ccc3c(c2)CC2(C3)C(=O)Nc3ncccc32)C1=O. The monoisotopic (exact) mass is 508 g/mol. The zero-order chi connectivity index (χ0) is 26.5. The molecule has 0 bridgehead atoms. The van der Waals surface area contributed by atoms with Crippen LogP contribution in [0.5, 0.6) is 0 Å². The number of carbonyl (C=O) groups excluding carboxylic acids is 3. The molecule has 3 amide bonds. The van der Waals surface area contributed by atoms with Gasteiger partial charge in [-0.05, 0) is 67.0 Å². The highest BCUT2D eigenvalue weighted by molar-refractivity contribution is 6.06. The van der Waals surface area contributed by atoms with Crippen LogP contribution in [-0.4, -0.2) is 40.2 Å². The molecule has 2 unspecified atom stereocenters. The second kappa shape index (κ2) is 9.08. The molecule has 2 atom stereocenters. The van der Waals surface area contributed by atoms with E-state index in [0.717, 1.165) is 41.5 Å². The Labute approximate surface area is 222 Å². The fourth-order valence-electron chi connectivity index (χ4n) is 6.34. The fourth-order valence-corrected chi connectivity index (χ4v) is 6.34. The minimum absolute atomic E-state index is 0.0156. The summed E-state index contributed by atoms with van der Waals surface area (Å²) in [5.41, 5.74) is 3.79. The summed E-state index contributed by atoms with van der Waals surface area (Å²) >= 11 is 0. The number of anilines is 2. The first kappa shape index (κ1) is 24.3. The predicted molar refractivity (Wildman–Crippen MR) is 146 cm³/mol. The summed E-state index contributed by atoms with van der Waals surface area (Å²) in [6, 6.07) is 19.8. The second-order valence-corrected chi connectivity index (χ2v) is 11.5. The number of nitrogens with one attached hydrogen (secondary N) is 2. The van der Waals surface area contributed by atoms with Crippen molar-refractivity contribution in [3.05, 3.63) is 89.1 Å². The maximum Gasteiger partial charge on any atom is 0.244 e. The zero-order valence-corrected chi connectivity index (χ0v) is 21.8. The summed E-state index contributed by atoms with van der Waals surface area (Å²) in [6.45, 7) is 3.94. The van der Waals surface area contributed by atoms with E-state index >= 15 is 0 Å². The van der Waals surface area contributed by atoms with E-state index in [9.17, 15) is 14.4 Å². The number of aromatic nitrogens is 1. The van der Waals surface area contributed by atoms with Gasteiger partial charge in [0.25, 0.3) is 0 Å². The number of rotatable bonds is 5. The fraction of sp³-hybridized carbons (Fsp3) is 0.355. The molecule has 0 radical (unpaired) electrons. The van der Waals surface area contributed by atoms with Crippen molar-refractivity contribution in [1.29, 1.82) is 0 Å². The first-order valence-corrected chi connectivity index (χ1v) is 13.3. The third-order valence-electron chi connectivity index (χ3n) is 8.48. The lowest BCUT2D eigenvalue weighted by Gasteiger charge is -2.43. The van der Waals surface area contributed by atoms with Crippen LogP contribution in [0, 0.1) is 5.41 Å². The number of likely N-dealkylation sites (tertiary alicyclic amines) is 1. The third-order valence-corrected chi connectivity index (χ3v) is 8.48. The molecule has 6 rings (SSSR count). The van der Waals surface area contributed by atoms with E-state index in [4.69, 9.17) is 0 Å². The lowest BCUT2D eigenvalue weighted by Crippen LogP contribution is -2.54. The van der Waals surface area contributed by atoms with Crippen molar-refractivity contribution < 1.29 is 14.4 Å². The van der Waals surface area contributed by atoms with E-state index in [1.54, 1.807) is 11.1 Å². The summed E-state index contributed by atoms with van der Waals surface area (Å²) < 4.78 is 0. The van der Waals surface area contributed by atoms with Gasteiger partial charge in [-0.1, -0.05) is 56.3 Å². The molecule has 3 aromatic rings. The first-order chi connectivity index (χ1) is 18.2. The summed E-state index contributed by atoms with van der Waals surface area (Å²) in [5, 5.41) is 5.95. The van der Waals surface area contributed by atoms with Crippen molar-refractivity contribution in [3.63, 3.8) is 0 Å². The molecule has 3 aliphatic rings. The summed E-state index contributed by atoms with van der Waals surface area (Å²) in [4.78, 5) is 45.7. The largest absolute Gasteiger partial charge is 0.330 e. The Morgan fingerprint density at radius 3 is 2.66 bits per heavy atom. The van der Waals surface area contributed by atoms with Crippen LogP contribution in [0.3, 0.4) is 0 Å². The van der Waals surface area contributed by atoms with Crippen molar-refractivity contribution in [3.8, 4) is 0 Å². The second-order valence-electron chi connectivity index (χ2n) is 11.5. The highest BCUT2D eigenvalue weighted by Crippen LogP contribution is 2.47. The van der Waals surface area contributed by atoms with Crippen LogP contribution in [0.4, 0.5) is 11.5 Å². The number of piperidine rings is 1. The average molecular weight is 509 g/mol. The Kier molecular flexibility index (Phi) is 5.82. The molecule has 1 fully saturated rings. The number of benzene rings is 2. The molecule has 0 saturated carbocycles. The topological polar surface area (TPSA) is 91.4 Å². The molecule has 38 heavy (non-hydrogen) atoms. The van der Waals surface area contributed by atoms with Crippen LogP contribution in [-0.2, 0) is 39.1 Å². The maximum absolute atomic E-state index is 13.4. The molecule has 7 heteroatoms. The highest BCUT2D eigenvalue weighted by Gasteiger charge is 2.51. The van der Waals surface area contributed by atoms with Crippen molar-refractivity contribution in [2.24, 2.45) is 5.41 Å². The number of hydrogen-bond acceptors (Lipinski definition) is 4. The molecule has 2 aromatic carbocycles. The minimum atomic E-state index is -0.648. The molecular formula is C31H32N4O3. The normalized spacial score (nSPS) is 23.2. The third kappa shape index (κ3) is 4.16. The van der Waals surface area contributed by atoms with Gasteiger partial charge in [0.15, 0.2) is 0 Å². The molecule has 1 saturated heterocycles. The van der Waals surface area contributed by atoms with E-state index in [1.807, 2.05) is 62.4 Å². The molecule has 1 aromatic heterocycles. The minimum Gasteiger partial charge on any atom is -0.330 e. The number of amides is 3. The van der Waals surface area contributed by atoms with Crippen molar-refractivity contribution in [2.45, 2.75) is 57.4 Å². The molecule has 1 spiro atoms. The standard InChI is InChI=1S/C31H32N4O3/c1-30(2)13-12-24(15-20-7-4-3-5-8-20)35(29(30)38)19-26(36)33-23-11-10-21-17-31(18-22(21)16-23)25-9-6-14-32-27(25)34-28(31)37/h3-11,14,16,24H,12-13,15,17-19H2,1-2H3,(H,33,36)(H,32,34,37). The van der Waals surface area contributed by atoms with Crippen LogP contribution < -0.4 is 10.6 Å². The van der Waals surface area contributed by atoms with E-state index in [-0.39, 0.29) is 30.3 Å². The Hall–Kier alpha value is -4.00. The Balaban J connectivity index is 1.18. The van der Waals surface area contributed by atoms with Gasteiger partial charge in [0, 0.05) is 28.9 Å². The van der Waals surface area contributed by atoms with Gasteiger partial charge in [-0.3, -0.25) is 14.4 Å². The smallest absolute Gasteiger partial charge is 0.244 e. The van der Waals surface area contributed by atoms with Crippen LogP contribution in [0.15, 0.2) is 66.9 Å². The number of pyridine rings is 1. The van der Waals surface area contributed by atoms with E-state index < -0.39 is 10.8 Å². The van der Waals surface area contributed by atoms with E-state index in [0.29, 0.717) is 24.3 Å². The van der Waals surface area contributed by atoms with E-state index in [1.165, 1.54) is 0 Å². The molecule has 1 aliphatic carbocycles. The lowest BCUT2D eigenvalue weighted by molar-refractivity contribution is -0.150. The Morgan fingerprint density at radius 1 is 1.05 bits per heavy atom. The van der Waals surface area contributed by atoms with Gasteiger partial charge in [0.2, 0.25) is 17.7 Å². The van der Waals surface area contributed by atoms with E-state index in [2.05, 4.69) is 27.8 Å². The van der Waals surface area contributed by atoms with Crippen LogP contribution in [0.25, 0.3) is 0 Å². The Morgan fingerprint density at radius 2 is 1.84 bits per heavy atom. The predicted octanol–water partition coefficient (Wildman–Crippen LogP) is 4.27. The van der Waals surface area contributed by atoms with Gasteiger partial charge in [-0.25, -0.2) is 4.98 Å². The van der Waals surface area contributed by atoms with Crippen LogP contribution in [0.1, 0.15) is 48.9 Å². The average Bonchev–Trinajstić information content (AvgIpc) is 3.41. The van der Waals surface area contributed by atoms with Crippen LogP contribution >= 0.6 is 0 Å². The first-order valence-electron chi connectivity index (χ1n) is 13.3. The zero-order valence-electron chi connectivity index (χ0n) is 21.8. The highest BCUT2D eigenvalue weighted by atomic mass is 16.2. The van der Waals surface area contributed by atoms with Gasteiger partial charge in [0.05, 0.1) is 5.41 Å². The van der Waals surface area contributed by atoms with Crippen molar-refractivity contribution >= 4 is 29.2 Å². The van der Waals surface area contributed by atoms with Crippen molar-refractivity contribution in [1.82, 2.24) is 9.88 Å². The van der Waals surface area contributed by atoms with Gasteiger partial charge >= 0.3 is 0 Å². The number of carbonyl (C=O) groups is 3. The summed E-state index contributed by atoms with van der Waals surface area (Å²) in [7, 11) is 0. The molecule has 2 aliphatic heterocycles. The lowest BCUT2D eigenvalue weighted by atomic mass is 9.79. The molecular weight excluding hydrogens is 476 g/mol. The molecule has 7 nitrogen and oxygen atoms in total.